The first-order chi connectivity index (χ1) is 16.8. The molecule has 6 nitrogen and oxygen atoms in total. The van der Waals surface area contributed by atoms with Gasteiger partial charge >= 0.3 is 0 Å². The van der Waals surface area contributed by atoms with Crippen LogP contribution in [-0.2, 0) is 13.0 Å². The summed E-state index contributed by atoms with van der Waals surface area (Å²) in [5, 5.41) is 13.7. The third-order valence-corrected chi connectivity index (χ3v) is 6.74. The van der Waals surface area contributed by atoms with E-state index >= 15 is 0 Å². The zero-order chi connectivity index (χ0) is 24.7. The molecule has 184 valence electrons. The molecule has 0 amide bonds. The number of aromatic nitrogens is 2. The predicted molar refractivity (Wildman–Crippen MR) is 128 cm³/mol. The Morgan fingerprint density at radius 3 is 2.63 bits per heavy atom. The number of rotatable bonds is 5. The Balaban J connectivity index is 1.47. The van der Waals surface area contributed by atoms with Crippen LogP contribution in [0.15, 0.2) is 36.5 Å². The van der Waals surface area contributed by atoms with Gasteiger partial charge in [0.15, 0.2) is 0 Å². The second-order valence-electron chi connectivity index (χ2n) is 9.53. The van der Waals surface area contributed by atoms with Gasteiger partial charge in [0.2, 0.25) is 0 Å². The number of fused-ring (bicyclic) bond motifs is 1. The Hall–Kier alpha value is -3.17. The molecule has 0 saturated carbocycles. The summed E-state index contributed by atoms with van der Waals surface area (Å²) >= 11 is 0. The quantitative estimate of drug-likeness (QED) is 0.501. The van der Waals surface area contributed by atoms with Gasteiger partial charge < -0.3 is 21.1 Å². The molecule has 1 aliphatic carbocycles. The number of halogens is 3. The smallest absolute Gasteiger partial charge is 0.149 e. The topological polar surface area (TPSA) is 87.3 Å². The number of nitrogens with two attached hydrogens (primary N) is 1. The Bertz CT molecular complexity index is 1220. The summed E-state index contributed by atoms with van der Waals surface area (Å²) < 4.78 is 43.0. The number of pyridine rings is 2. The fourth-order valence-electron chi connectivity index (χ4n) is 5.25. The lowest BCUT2D eigenvalue weighted by atomic mass is 9.95. The van der Waals surface area contributed by atoms with Crippen LogP contribution in [0.3, 0.4) is 0 Å². The molecule has 35 heavy (non-hydrogen) atoms. The SMILES string of the molecule is C[C@@H]1C[C@H](N)CN(c2c(NCc3ccc(F)c(-c4c(F)cccc4F)n3)cnc3c2CC[C@@H]3O)C1. The van der Waals surface area contributed by atoms with Crippen molar-refractivity contribution in [2.75, 3.05) is 23.3 Å². The lowest BCUT2D eigenvalue weighted by molar-refractivity contribution is 0.176. The molecular weight excluding hydrogens is 455 g/mol. The van der Waals surface area contributed by atoms with Crippen LogP contribution in [0, 0.1) is 23.4 Å². The van der Waals surface area contributed by atoms with Crippen molar-refractivity contribution in [3.63, 3.8) is 0 Å². The Morgan fingerprint density at radius 2 is 1.89 bits per heavy atom. The van der Waals surface area contributed by atoms with Gasteiger partial charge in [0.1, 0.15) is 23.1 Å². The molecule has 4 N–H and O–H groups in total. The van der Waals surface area contributed by atoms with Crippen LogP contribution in [0.1, 0.15) is 42.8 Å². The van der Waals surface area contributed by atoms with E-state index in [1.165, 1.54) is 12.1 Å². The second-order valence-corrected chi connectivity index (χ2v) is 9.53. The molecule has 5 rings (SSSR count). The number of aliphatic hydroxyl groups is 1. The number of hydrogen-bond acceptors (Lipinski definition) is 6. The summed E-state index contributed by atoms with van der Waals surface area (Å²) in [5.74, 6) is -2.14. The molecule has 9 heteroatoms. The number of nitrogens with one attached hydrogen (secondary N) is 1. The molecular formula is C26H28F3N5O. The van der Waals surface area contributed by atoms with Gasteiger partial charge in [-0.1, -0.05) is 13.0 Å². The maximum absolute atomic E-state index is 14.5. The molecule has 1 aliphatic heterocycles. The highest BCUT2D eigenvalue weighted by atomic mass is 19.1. The average molecular weight is 484 g/mol. The highest BCUT2D eigenvalue weighted by Crippen LogP contribution is 2.41. The maximum Gasteiger partial charge on any atom is 0.149 e. The highest BCUT2D eigenvalue weighted by molar-refractivity contribution is 5.75. The average Bonchev–Trinajstić information content (AvgIpc) is 3.19. The van der Waals surface area contributed by atoms with Crippen molar-refractivity contribution in [2.24, 2.45) is 11.7 Å². The van der Waals surface area contributed by atoms with Crippen molar-refractivity contribution < 1.29 is 18.3 Å². The van der Waals surface area contributed by atoms with Crippen LogP contribution >= 0.6 is 0 Å². The lowest BCUT2D eigenvalue weighted by Gasteiger charge is -2.38. The number of aliphatic hydroxyl groups excluding tert-OH is 1. The van der Waals surface area contributed by atoms with Gasteiger partial charge in [0.05, 0.1) is 47.2 Å². The normalized spacial score (nSPS) is 21.8. The molecule has 2 aromatic heterocycles. The first kappa shape index (κ1) is 23.6. The molecule has 3 aromatic rings. The van der Waals surface area contributed by atoms with Crippen LogP contribution in [0.4, 0.5) is 24.5 Å². The fourth-order valence-corrected chi connectivity index (χ4v) is 5.25. The van der Waals surface area contributed by atoms with Crippen molar-refractivity contribution in [1.29, 1.82) is 0 Å². The largest absolute Gasteiger partial charge is 0.387 e. The lowest BCUT2D eigenvalue weighted by Crippen LogP contribution is -2.47. The molecule has 0 spiro atoms. The standard InChI is InChI=1S/C26H28F3N5O/c1-14-9-15(30)13-34(12-14)26-17-6-8-22(35)24(17)32-11-21(26)31-10-16-5-7-20(29)25(33-16)23-18(27)3-2-4-19(23)28/h2-5,7,11,14-15,22,31,35H,6,8-10,12-13,30H2,1H3/t14-,15+,22+/m1/s1. The molecule has 0 bridgehead atoms. The zero-order valence-electron chi connectivity index (χ0n) is 19.4. The van der Waals surface area contributed by atoms with E-state index in [4.69, 9.17) is 5.73 Å². The predicted octanol–water partition coefficient (Wildman–Crippen LogP) is 4.33. The molecule has 2 aliphatic rings. The summed E-state index contributed by atoms with van der Waals surface area (Å²) in [6, 6.07) is 6.06. The van der Waals surface area contributed by atoms with Crippen molar-refractivity contribution in [3.05, 3.63) is 70.9 Å². The number of anilines is 2. The minimum Gasteiger partial charge on any atom is -0.387 e. The summed E-state index contributed by atoms with van der Waals surface area (Å²) in [6.45, 7) is 3.88. The molecule has 1 fully saturated rings. The third-order valence-electron chi connectivity index (χ3n) is 6.74. The molecule has 1 aromatic carbocycles. The van der Waals surface area contributed by atoms with Crippen molar-refractivity contribution in [1.82, 2.24) is 9.97 Å². The van der Waals surface area contributed by atoms with Crippen LogP contribution in [0.2, 0.25) is 0 Å². The van der Waals surface area contributed by atoms with Crippen molar-refractivity contribution >= 4 is 11.4 Å². The first-order valence-corrected chi connectivity index (χ1v) is 11.9. The fraction of sp³-hybridized carbons (Fsp3) is 0.385. The van der Waals surface area contributed by atoms with Crippen LogP contribution in [-0.4, -0.2) is 34.2 Å². The first-order valence-electron chi connectivity index (χ1n) is 11.9. The molecule has 0 radical (unpaired) electrons. The molecule has 3 atom stereocenters. The summed E-state index contributed by atoms with van der Waals surface area (Å²) in [7, 11) is 0. The number of nitrogens with zero attached hydrogens (tertiary/aromatic N) is 3. The van der Waals surface area contributed by atoms with Gasteiger partial charge in [-0.3, -0.25) is 4.98 Å². The van der Waals surface area contributed by atoms with E-state index in [0.717, 1.165) is 48.1 Å². The van der Waals surface area contributed by atoms with E-state index in [9.17, 15) is 18.3 Å². The molecule has 1 saturated heterocycles. The van der Waals surface area contributed by atoms with Crippen LogP contribution < -0.4 is 16.0 Å². The minimum absolute atomic E-state index is 0.0405. The second kappa shape index (κ2) is 9.47. The van der Waals surface area contributed by atoms with Gasteiger partial charge in [-0.2, -0.15) is 0 Å². The molecule has 3 heterocycles. The van der Waals surface area contributed by atoms with E-state index in [0.29, 0.717) is 36.7 Å². The van der Waals surface area contributed by atoms with Crippen molar-refractivity contribution in [2.45, 2.75) is 44.9 Å². The van der Waals surface area contributed by atoms with Crippen molar-refractivity contribution in [3.8, 4) is 11.3 Å². The van der Waals surface area contributed by atoms with E-state index in [-0.39, 0.29) is 18.3 Å². The Kier molecular flexibility index (Phi) is 6.37. The number of benzene rings is 1. The monoisotopic (exact) mass is 483 g/mol. The van der Waals surface area contributed by atoms with Gasteiger partial charge in [0.25, 0.3) is 0 Å². The van der Waals surface area contributed by atoms with E-state index in [1.807, 2.05) is 0 Å². The highest BCUT2D eigenvalue weighted by Gasteiger charge is 2.32. The summed E-state index contributed by atoms with van der Waals surface area (Å²) in [5.41, 5.74) is 9.29. The van der Waals surface area contributed by atoms with E-state index in [1.54, 1.807) is 6.20 Å². The van der Waals surface area contributed by atoms with Gasteiger partial charge in [0, 0.05) is 24.7 Å². The Morgan fingerprint density at radius 1 is 1.11 bits per heavy atom. The van der Waals surface area contributed by atoms with Gasteiger partial charge in [-0.05, 0) is 49.4 Å². The maximum atomic E-state index is 14.5. The van der Waals surface area contributed by atoms with E-state index in [2.05, 4.69) is 27.1 Å². The Labute approximate surface area is 202 Å². The molecule has 0 unspecified atom stereocenters. The van der Waals surface area contributed by atoms with Crippen LogP contribution in [0.25, 0.3) is 11.3 Å². The third kappa shape index (κ3) is 4.58. The summed E-state index contributed by atoms with van der Waals surface area (Å²) in [6.07, 6.45) is 3.37. The summed E-state index contributed by atoms with van der Waals surface area (Å²) in [4.78, 5) is 11.0. The van der Waals surface area contributed by atoms with Gasteiger partial charge in [-0.15, -0.1) is 0 Å². The number of piperidine rings is 1. The number of hydrogen-bond donors (Lipinski definition) is 3. The van der Waals surface area contributed by atoms with E-state index < -0.39 is 29.1 Å². The van der Waals surface area contributed by atoms with Gasteiger partial charge in [-0.25, -0.2) is 18.2 Å². The van der Waals surface area contributed by atoms with Crippen LogP contribution in [0.5, 0.6) is 0 Å². The minimum atomic E-state index is -0.874. The zero-order valence-corrected chi connectivity index (χ0v) is 19.4.